The number of aromatic nitrogens is 2. The predicted octanol–water partition coefficient (Wildman–Crippen LogP) is 7.60. The SMILES string of the molecule is O=C1CCC(N2C(=O)c3ccc(N4CCN(CCCn5cc(-c6ccc(C7c8ccc(OCc9ccccc9)cc8CCC7c7ccccc7)cc6)cn5)CC4)cc3C2=O)C(=O)N1. The Balaban J connectivity index is 0.744. The lowest BCUT2D eigenvalue weighted by Gasteiger charge is -2.36. The Morgan fingerprint density at radius 3 is 2.22 bits per heavy atom. The van der Waals surface area contributed by atoms with Crippen molar-refractivity contribution in [3.05, 3.63) is 173 Å². The second-order valence-electron chi connectivity index (χ2n) is 17.1. The van der Waals surface area contributed by atoms with Crippen LogP contribution in [0.25, 0.3) is 11.1 Å². The molecule has 11 nitrogen and oxygen atoms in total. The summed E-state index contributed by atoms with van der Waals surface area (Å²) in [6, 6.07) is 41.4. The number of benzene rings is 5. The number of carbonyl (C=O) groups excluding carboxylic acids is 4. The van der Waals surface area contributed by atoms with Crippen molar-refractivity contribution in [2.24, 2.45) is 0 Å². The number of hydrogen-bond donors (Lipinski definition) is 1. The van der Waals surface area contributed by atoms with Crippen LogP contribution in [0, 0.1) is 0 Å². The van der Waals surface area contributed by atoms with Gasteiger partial charge in [0.2, 0.25) is 11.8 Å². The van der Waals surface area contributed by atoms with Crippen LogP contribution < -0.4 is 15.0 Å². The first-order chi connectivity index (χ1) is 30.9. The Morgan fingerprint density at radius 2 is 1.44 bits per heavy atom. The second-order valence-corrected chi connectivity index (χ2v) is 17.1. The van der Waals surface area contributed by atoms with E-state index in [1.807, 2.05) is 35.1 Å². The molecule has 2 saturated heterocycles. The van der Waals surface area contributed by atoms with Crippen molar-refractivity contribution in [1.82, 2.24) is 24.9 Å². The molecule has 0 bridgehead atoms. The lowest BCUT2D eigenvalue weighted by Crippen LogP contribution is -2.54. The summed E-state index contributed by atoms with van der Waals surface area (Å²) in [4.78, 5) is 56.3. The van der Waals surface area contributed by atoms with E-state index < -0.39 is 23.8 Å². The smallest absolute Gasteiger partial charge is 0.262 e. The minimum atomic E-state index is -0.969. The molecule has 11 heteroatoms. The second kappa shape index (κ2) is 17.5. The van der Waals surface area contributed by atoms with E-state index >= 15 is 0 Å². The van der Waals surface area contributed by atoms with Crippen molar-refractivity contribution in [2.75, 3.05) is 37.6 Å². The number of hydrogen-bond acceptors (Lipinski definition) is 8. The average molecular weight is 839 g/mol. The van der Waals surface area contributed by atoms with E-state index in [4.69, 9.17) is 9.84 Å². The standard InChI is InChI=1S/C52H50N6O5/c59-48-23-22-47(50(60)54-48)58-51(61)45-20-17-41(31-46(45)52(58)62)56-28-26-55(27-29-56)24-7-25-57-33-40(32-53-57)36-12-14-38(15-13-36)49-43(37-10-5-2-6-11-37)19-16-39-30-42(18-21-44(39)49)63-34-35-8-3-1-4-9-35/h1-6,8-15,17-18,20-21,30-33,43,47,49H,7,16,19,22-29,34H2,(H,54,59,60). The molecule has 2 fully saturated rings. The predicted molar refractivity (Wildman–Crippen MR) is 241 cm³/mol. The maximum absolute atomic E-state index is 13.4. The summed E-state index contributed by atoms with van der Waals surface area (Å²) in [7, 11) is 0. The first-order valence-electron chi connectivity index (χ1n) is 22.2. The van der Waals surface area contributed by atoms with Gasteiger partial charge in [-0.15, -0.1) is 0 Å². The summed E-state index contributed by atoms with van der Waals surface area (Å²) in [6.45, 7) is 5.66. The average Bonchev–Trinajstić information content (AvgIpc) is 3.90. The van der Waals surface area contributed by atoms with Gasteiger partial charge in [0.05, 0.1) is 17.3 Å². The summed E-state index contributed by atoms with van der Waals surface area (Å²) in [6.07, 6.45) is 7.40. The van der Waals surface area contributed by atoms with Crippen LogP contribution in [0.3, 0.4) is 0 Å². The van der Waals surface area contributed by atoms with Crippen LogP contribution in [0.5, 0.6) is 5.75 Å². The summed E-state index contributed by atoms with van der Waals surface area (Å²) in [5.41, 5.74) is 10.3. The van der Waals surface area contributed by atoms with Crippen LogP contribution in [-0.2, 0) is 29.2 Å². The summed E-state index contributed by atoms with van der Waals surface area (Å²) >= 11 is 0. The van der Waals surface area contributed by atoms with Gasteiger partial charge in [0, 0.05) is 69.1 Å². The molecule has 1 aromatic heterocycles. The first kappa shape index (κ1) is 40.2. The van der Waals surface area contributed by atoms with Crippen LogP contribution in [0.4, 0.5) is 5.69 Å². The largest absolute Gasteiger partial charge is 0.489 e. The monoisotopic (exact) mass is 838 g/mol. The molecule has 10 rings (SSSR count). The van der Waals surface area contributed by atoms with E-state index in [1.54, 1.807) is 12.1 Å². The van der Waals surface area contributed by atoms with E-state index in [-0.39, 0.29) is 24.7 Å². The maximum atomic E-state index is 13.4. The lowest BCUT2D eigenvalue weighted by molar-refractivity contribution is -0.136. The van der Waals surface area contributed by atoms with Crippen LogP contribution in [-0.4, -0.2) is 82.0 Å². The molecule has 4 heterocycles. The van der Waals surface area contributed by atoms with Gasteiger partial charge in [-0.05, 0) is 95.3 Å². The Morgan fingerprint density at radius 1 is 0.683 bits per heavy atom. The zero-order chi connectivity index (χ0) is 42.9. The van der Waals surface area contributed by atoms with Gasteiger partial charge in [-0.1, -0.05) is 91.0 Å². The number of anilines is 1. The number of amides is 4. The topological polar surface area (TPSA) is 117 Å². The van der Waals surface area contributed by atoms with Crippen molar-refractivity contribution < 1.29 is 23.9 Å². The number of carbonyl (C=O) groups is 4. The molecule has 63 heavy (non-hydrogen) atoms. The Labute approximate surface area is 367 Å². The third-order valence-electron chi connectivity index (χ3n) is 13.3. The van der Waals surface area contributed by atoms with Gasteiger partial charge >= 0.3 is 0 Å². The van der Waals surface area contributed by atoms with Gasteiger partial charge in [0.1, 0.15) is 18.4 Å². The van der Waals surface area contributed by atoms with E-state index in [1.165, 1.54) is 22.3 Å². The van der Waals surface area contributed by atoms with E-state index in [2.05, 4.69) is 106 Å². The van der Waals surface area contributed by atoms with Crippen LogP contribution in [0.2, 0.25) is 0 Å². The molecule has 3 aliphatic heterocycles. The van der Waals surface area contributed by atoms with Crippen molar-refractivity contribution >= 4 is 29.3 Å². The molecule has 5 aromatic carbocycles. The number of aryl methyl sites for hydroxylation is 2. The maximum Gasteiger partial charge on any atom is 0.262 e. The normalized spacial score (nSPS) is 20.1. The summed E-state index contributed by atoms with van der Waals surface area (Å²) in [5, 5.41) is 6.99. The van der Waals surface area contributed by atoms with Gasteiger partial charge in [0.25, 0.3) is 11.8 Å². The fourth-order valence-electron chi connectivity index (χ4n) is 9.96. The number of fused-ring (bicyclic) bond motifs is 2. The zero-order valence-corrected chi connectivity index (χ0v) is 35.2. The Bertz CT molecular complexity index is 2660. The molecule has 0 radical (unpaired) electrons. The fourth-order valence-corrected chi connectivity index (χ4v) is 9.96. The molecule has 1 N–H and O–H groups in total. The highest BCUT2D eigenvalue weighted by atomic mass is 16.5. The van der Waals surface area contributed by atoms with Gasteiger partial charge in [-0.25, -0.2) is 0 Å². The summed E-state index contributed by atoms with van der Waals surface area (Å²) < 4.78 is 8.29. The molecule has 3 atom stereocenters. The molecule has 3 unspecified atom stereocenters. The highest BCUT2D eigenvalue weighted by molar-refractivity contribution is 6.23. The molecular weight excluding hydrogens is 789 g/mol. The fraction of sp³-hybridized carbons (Fsp3) is 0.288. The number of nitrogens with one attached hydrogen (secondary N) is 1. The van der Waals surface area contributed by atoms with Crippen molar-refractivity contribution in [3.63, 3.8) is 0 Å². The molecule has 6 aromatic rings. The first-order valence-corrected chi connectivity index (χ1v) is 22.2. The number of rotatable bonds is 12. The molecule has 4 aliphatic rings. The lowest BCUT2D eigenvalue weighted by atomic mass is 9.69. The number of nitrogens with zero attached hydrogens (tertiary/aromatic N) is 5. The number of piperazine rings is 1. The molecule has 0 saturated carbocycles. The number of piperidine rings is 1. The zero-order valence-electron chi connectivity index (χ0n) is 35.2. The number of ether oxygens (including phenoxy) is 1. The minimum absolute atomic E-state index is 0.0964. The van der Waals surface area contributed by atoms with Crippen molar-refractivity contribution in [3.8, 4) is 16.9 Å². The Hall–Kier alpha value is -6.85. The molecule has 4 amide bonds. The van der Waals surface area contributed by atoms with E-state index in [9.17, 15) is 19.2 Å². The Kier molecular flexibility index (Phi) is 11.2. The third-order valence-corrected chi connectivity index (χ3v) is 13.3. The van der Waals surface area contributed by atoms with Crippen molar-refractivity contribution in [1.29, 1.82) is 0 Å². The highest BCUT2D eigenvalue weighted by Crippen LogP contribution is 2.47. The molecule has 318 valence electrons. The van der Waals surface area contributed by atoms with Gasteiger partial charge < -0.3 is 9.64 Å². The van der Waals surface area contributed by atoms with Gasteiger partial charge in [-0.3, -0.25) is 39.0 Å². The van der Waals surface area contributed by atoms with E-state index in [0.717, 1.165) is 91.6 Å². The van der Waals surface area contributed by atoms with E-state index in [0.29, 0.717) is 23.7 Å². The molecular formula is C52H50N6O5. The van der Waals surface area contributed by atoms with Crippen LogP contribution in [0.1, 0.15) is 86.1 Å². The van der Waals surface area contributed by atoms with Crippen LogP contribution in [0.15, 0.2) is 134 Å². The number of imide groups is 2. The summed E-state index contributed by atoms with van der Waals surface area (Å²) in [5.74, 6) is -0.424. The molecule has 1 aliphatic carbocycles. The quantitative estimate of drug-likeness (QED) is 0.125. The highest BCUT2D eigenvalue weighted by Gasteiger charge is 2.45. The third kappa shape index (κ3) is 8.28. The van der Waals surface area contributed by atoms with Crippen LogP contribution >= 0.6 is 0 Å². The van der Waals surface area contributed by atoms with Crippen molar-refractivity contribution in [2.45, 2.75) is 63.1 Å². The minimum Gasteiger partial charge on any atom is -0.489 e. The van der Waals surface area contributed by atoms with Gasteiger partial charge in [-0.2, -0.15) is 5.10 Å². The molecule has 0 spiro atoms. The van der Waals surface area contributed by atoms with Gasteiger partial charge in [0.15, 0.2) is 0 Å².